The standard InChI is InChI=1S/C24H24N2O2S/c1-13-8-18-21(9-14(13)2)29-22(25-18)16-10-15-11-17-19(12-20(15)28-23(16)27)26(5)7-6-24(17,3)4/h8-12H,6-7H2,1-5H3. The van der Waals surface area contributed by atoms with E-state index >= 15 is 0 Å². The van der Waals surface area contributed by atoms with Gasteiger partial charge in [-0.15, -0.1) is 11.3 Å². The van der Waals surface area contributed by atoms with E-state index < -0.39 is 0 Å². The highest BCUT2D eigenvalue weighted by atomic mass is 32.1. The van der Waals surface area contributed by atoms with Crippen LogP contribution in [-0.4, -0.2) is 18.6 Å². The summed E-state index contributed by atoms with van der Waals surface area (Å²) in [6, 6.07) is 10.4. The highest BCUT2D eigenvalue weighted by molar-refractivity contribution is 7.21. The van der Waals surface area contributed by atoms with Crippen LogP contribution in [0.3, 0.4) is 0 Å². The molecule has 0 spiro atoms. The number of rotatable bonds is 1. The van der Waals surface area contributed by atoms with Crippen molar-refractivity contribution in [3.8, 4) is 10.6 Å². The number of hydrogen-bond donors (Lipinski definition) is 0. The normalized spacial score (nSPS) is 15.8. The molecule has 29 heavy (non-hydrogen) atoms. The predicted molar refractivity (Wildman–Crippen MR) is 121 cm³/mol. The second-order valence-corrected chi connectivity index (χ2v) is 9.86. The first-order chi connectivity index (χ1) is 13.7. The number of hydrogen-bond acceptors (Lipinski definition) is 5. The van der Waals surface area contributed by atoms with Gasteiger partial charge >= 0.3 is 5.63 Å². The minimum atomic E-state index is -0.331. The molecule has 1 aliphatic heterocycles. The fourth-order valence-corrected chi connectivity index (χ4v) is 5.21. The Hall–Kier alpha value is -2.66. The van der Waals surface area contributed by atoms with Crippen molar-refractivity contribution in [1.82, 2.24) is 4.98 Å². The van der Waals surface area contributed by atoms with Crippen molar-refractivity contribution in [3.63, 3.8) is 0 Å². The summed E-state index contributed by atoms with van der Waals surface area (Å²) in [5, 5.41) is 1.67. The van der Waals surface area contributed by atoms with Gasteiger partial charge in [0.2, 0.25) is 0 Å². The molecule has 0 bridgehead atoms. The van der Waals surface area contributed by atoms with Crippen molar-refractivity contribution in [3.05, 3.63) is 57.4 Å². The van der Waals surface area contributed by atoms with Crippen molar-refractivity contribution in [2.75, 3.05) is 18.5 Å². The van der Waals surface area contributed by atoms with Crippen LogP contribution in [0.5, 0.6) is 0 Å². The first kappa shape index (κ1) is 18.4. The van der Waals surface area contributed by atoms with Crippen LogP contribution in [-0.2, 0) is 5.41 Å². The number of nitrogens with zero attached hydrogens (tertiary/aromatic N) is 2. The molecule has 4 nitrogen and oxygen atoms in total. The summed E-state index contributed by atoms with van der Waals surface area (Å²) in [6.07, 6.45) is 1.10. The van der Waals surface area contributed by atoms with Crippen LogP contribution in [0.4, 0.5) is 5.69 Å². The number of benzene rings is 2. The van der Waals surface area contributed by atoms with Gasteiger partial charge < -0.3 is 9.32 Å². The lowest BCUT2D eigenvalue weighted by molar-refractivity contribution is 0.462. The smallest absolute Gasteiger partial charge is 0.346 e. The van der Waals surface area contributed by atoms with Crippen molar-refractivity contribution in [2.24, 2.45) is 0 Å². The van der Waals surface area contributed by atoms with Crippen LogP contribution in [0, 0.1) is 13.8 Å². The van der Waals surface area contributed by atoms with E-state index in [0.717, 1.165) is 39.3 Å². The zero-order valence-corrected chi connectivity index (χ0v) is 18.2. The number of fused-ring (bicyclic) bond motifs is 3. The lowest BCUT2D eigenvalue weighted by atomic mass is 9.77. The van der Waals surface area contributed by atoms with E-state index in [2.05, 4.69) is 57.8 Å². The quantitative estimate of drug-likeness (QED) is 0.376. The van der Waals surface area contributed by atoms with E-state index in [0.29, 0.717) is 11.1 Å². The molecule has 0 saturated carbocycles. The van der Waals surface area contributed by atoms with E-state index in [-0.39, 0.29) is 11.0 Å². The summed E-state index contributed by atoms with van der Waals surface area (Å²) in [6.45, 7) is 9.74. The van der Waals surface area contributed by atoms with Gasteiger partial charge in [-0.2, -0.15) is 0 Å². The lowest BCUT2D eigenvalue weighted by Gasteiger charge is -2.38. The molecule has 0 unspecified atom stereocenters. The number of anilines is 1. The summed E-state index contributed by atoms with van der Waals surface area (Å²) in [5.41, 5.74) is 6.75. The Labute approximate surface area is 173 Å². The summed E-state index contributed by atoms with van der Waals surface area (Å²) in [4.78, 5) is 19.8. The number of aryl methyl sites for hydroxylation is 2. The molecule has 0 aliphatic carbocycles. The zero-order valence-electron chi connectivity index (χ0n) is 17.4. The summed E-state index contributed by atoms with van der Waals surface area (Å²) in [7, 11) is 2.09. The van der Waals surface area contributed by atoms with Crippen LogP contribution in [0.15, 0.2) is 39.5 Å². The van der Waals surface area contributed by atoms with Crippen molar-refractivity contribution < 1.29 is 4.42 Å². The fraction of sp³-hybridized carbons (Fsp3) is 0.333. The summed E-state index contributed by atoms with van der Waals surface area (Å²) in [5.74, 6) is 0. The highest BCUT2D eigenvalue weighted by Gasteiger charge is 2.30. The minimum Gasteiger partial charge on any atom is -0.422 e. The van der Waals surface area contributed by atoms with Gasteiger partial charge in [0, 0.05) is 30.7 Å². The SMILES string of the molecule is Cc1cc2nc(-c3cc4cc5c(cc4oc3=O)N(C)CCC5(C)C)sc2cc1C. The average Bonchev–Trinajstić information content (AvgIpc) is 3.06. The van der Waals surface area contributed by atoms with Gasteiger partial charge in [-0.05, 0) is 66.6 Å². The largest absolute Gasteiger partial charge is 0.422 e. The van der Waals surface area contributed by atoms with E-state index in [1.165, 1.54) is 16.7 Å². The third-order valence-electron chi connectivity index (χ3n) is 6.30. The zero-order chi connectivity index (χ0) is 20.5. The third-order valence-corrected chi connectivity index (χ3v) is 7.35. The highest BCUT2D eigenvalue weighted by Crippen LogP contribution is 2.41. The lowest BCUT2D eigenvalue weighted by Crippen LogP contribution is -2.34. The second-order valence-electron chi connectivity index (χ2n) is 8.83. The number of thiazole rings is 1. The van der Waals surface area contributed by atoms with Gasteiger partial charge in [0.15, 0.2) is 0 Å². The molecule has 0 fully saturated rings. The number of aromatic nitrogens is 1. The van der Waals surface area contributed by atoms with Gasteiger partial charge in [0.25, 0.3) is 0 Å². The Morgan fingerprint density at radius 2 is 1.86 bits per heavy atom. The molecule has 0 radical (unpaired) electrons. The van der Waals surface area contributed by atoms with Crippen LogP contribution >= 0.6 is 11.3 Å². The van der Waals surface area contributed by atoms with Gasteiger partial charge in [0.1, 0.15) is 10.6 Å². The minimum absolute atomic E-state index is 0.0945. The van der Waals surface area contributed by atoms with E-state index in [4.69, 9.17) is 9.40 Å². The topological polar surface area (TPSA) is 46.3 Å². The first-order valence-electron chi connectivity index (χ1n) is 9.95. The molecule has 0 N–H and O–H groups in total. The van der Waals surface area contributed by atoms with Gasteiger partial charge in [0.05, 0.1) is 15.8 Å². The van der Waals surface area contributed by atoms with Gasteiger partial charge in [-0.3, -0.25) is 0 Å². The molecule has 5 rings (SSSR count). The predicted octanol–water partition coefficient (Wildman–Crippen LogP) is 5.80. The Morgan fingerprint density at radius 1 is 1.10 bits per heavy atom. The molecule has 0 amide bonds. The maximum Gasteiger partial charge on any atom is 0.346 e. The molecule has 4 aromatic rings. The fourth-order valence-electron chi connectivity index (χ4n) is 4.16. The van der Waals surface area contributed by atoms with E-state index in [1.54, 1.807) is 11.3 Å². The Morgan fingerprint density at radius 3 is 2.66 bits per heavy atom. The van der Waals surface area contributed by atoms with Gasteiger partial charge in [-0.25, -0.2) is 9.78 Å². The van der Waals surface area contributed by atoms with Crippen LogP contribution in [0.25, 0.3) is 31.8 Å². The Bertz CT molecular complexity index is 1310. The second kappa shape index (κ2) is 6.17. The summed E-state index contributed by atoms with van der Waals surface area (Å²) < 4.78 is 6.85. The van der Waals surface area contributed by atoms with Crippen molar-refractivity contribution in [1.29, 1.82) is 0 Å². The maximum atomic E-state index is 12.8. The third kappa shape index (κ3) is 2.87. The first-order valence-corrected chi connectivity index (χ1v) is 10.8. The van der Waals surface area contributed by atoms with Crippen LogP contribution in [0.1, 0.15) is 37.0 Å². The molecular weight excluding hydrogens is 380 g/mol. The molecular formula is C24H24N2O2S. The van der Waals surface area contributed by atoms with Crippen LogP contribution in [0.2, 0.25) is 0 Å². The molecule has 2 aromatic heterocycles. The van der Waals surface area contributed by atoms with Crippen molar-refractivity contribution >= 4 is 38.2 Å². The Balaban J connectivity index is 1.72. The maximum absolute atomic E-state index is 12.8. The monoisotopic (exact) mass is 404 g/mol. The molecule has 1 aliphatic rings. The van der Waals surface area contributed by atoms with Crippen molar-refractivity contribution in [2.45, 2.75) is 39.5 Å². The van der Waals surface area contributed by atoms with Crippen LogP contribution < -0.4 is 10.5 Å². The molecule has 3 heterocycles. The average molecular weight is 405 g/mol. The Kier molecular flexibility index (Phi) is 3.91. The molecule has 0 saturated heterocycles. The molecule has 5 heteroatoms. The molecule has 2 aromatic carbocycles. The summed E-state index contributed by atoms with van der Waals surface area (Å²) >= 11 is 1.55. The molecule has 148 valence electrons. The van der Waals surface area contributed by atoms with E-state index in [1.807, 2.05) is 12.1 Å². The van der Waals surface area contributed by atoms with E-state index in [9.17, 15) is 4.79 Å². The molecule has 0 atom stereocenters. The van der Waals surface area contributed by atoms with Gasteiger partial charge in [-0.1, -0.05) is 13.8 Å².